The van der Waals surface area contributed by atoms with Crippen LogP contribution in [0.25, 0.3) is 5.70 Å². The van der Waals surface area contributed by atoms with Gasteiger partial charge >= 0.3 is 0 Å². The van der Waals surface area contributed by atoms with Gasteiger partial charge in [0, 0.05) is 10.7 Å². The van der Waals surface area contributed by atoms with Crippen LogP contribution in [-0.4, -0.2) is 14.8 Å². The molecule has 2 aromatic carbocycles. The molecule has 1 aromatic heterocycles. The lowest BCUT2D eigenvalue weighted by molar-refractivity contribution is 0.607. The van der Waals surface area contributed by atoms with Crippen molar-refractivity contribution < 1.29 is 0 Å². The Bertz CT molecular complexity index is 883. The average molecular weight is 323 g/mol. The van der Waals surface area contributed by atoms with Crippen LogP contribution in [0.15, 0.2) is 60.7 Å². The van der Waals surface area contributed by atoms with Gasteiger partial charge in [0.15, 0.2) is 0 Å². The fraction of sp³-hybridized carbons (Fsp3) is 0.111. The Morgan fingerprint density at radius 3 is 2.57 bits per heavy atom. The van der Waals surface area contributed by atoms with Crippen molar-refractivity contribution in [2.24, 2.45) is 0 Å². The number of aromatic nitrogens is 3. The molecule has 0 amide bonds. The summed E-state index contributed by atoms with van der Waals surface area (Å²) >= 11 is 6.41. The highest BCUT2D eigenvalue weighted by atomic mass is 35.5. The van der Waals surface area contributed by atoms with E-state index in [1.807, 2.05) is 54.1 Å². The molecule has 114 valence electrons. The van der Waals surface area contributed by atoms with E-state index in [0.29, 0.717) is 0 Å². The molecule has 0 saturated carbocycles. The number of hydrogen-bond donors (Lipinski definition) is 1. The number of halogens is 1. The van der Waals surface area contributed by atoms with Crippen LogP contribution >= 0.6 is 11.6 Å². The van der Waals surface area contributed by atoms with Crippen LogP contribution in [0.4, 0.5) is 5.95 Å². The van der Waals surface area contributed by atoms with Crippen LogP contribution in [0.5, 0.6) is 0 Å². The molecule has 2 heterocycles. The van der Waals surface area contributed by atoms with Gasteiger partial charge in [-0.1, -0.05) is 60.1 Å². The number of nitrogens with zero attached hydrogens (tertiary/aromatic N) is 3. The van der Waals surface area contributed by atoms with Crippen molar-refractivity contribution >= 4 is 23.2 Å². The molecule has 3 aromatic rings. The maximum absolute atomic E-state index is 6.41. The molecule has 0 aliphatic carbocycles. The van der Waals surface area contributed by atoms with Crippen LogP contribution in [0, 0.1) is 6.92 Å². The summed E-state index contributed by atoms with van der Waals surface area (Å²) < 4.78 is 1.88. The minimum atomic E-state index is -0.0867. The summed E-state index contributed by atoms with van der Waals surface area (Å²) in [5, 5.41) is 8.60. The van der Waals surface area contributed by atoms with Gasteiger partial charge in [0.05, 0.1) is 0 Å². The Labute approximate surface area is 139 Å². The van der Waals surface area contributed by atoms with Gasteiger partial charge in [0.2, 0.25) is 5.95 Å². The summed E-state index contributed by atoms with van der Waals surface area (Å²) in [5.74, 6) is 1.46. The predicted molar refractivity (Wildman–Crippen MR) is 92.4 cm³/mol. The van der Waals surface area contributed by atoms with Crippen LogP contribution in [0.1, 0.15) is 23.0 Å². The molecule has 0 bridgehead atoms. The summed E-state index contributed by atoms with van der Waals surface area (Å²) in [5.41, 5.74) is 3.13. The number of rotatable bonds is 2. The number of benzene rings is 2. The number of fused-ring (bicyclic) bond motifs is 1. The zero-order chi connectivity index (χ0) is 15.8. The number of nitrogens with one attached hydrogen (secondary N) is 1. The molecule has 0 radical (unpaired) electrons. The largest absolute Gasteiger partial charge is 0.324 e. The molecule has 23 heavy (non-hydrogen) atoms. The Morgan fingerprint density at radius 2 is 1.78 bits per heavy atom. The lowest BCUT2D eigenvalue weighted by Gasteiger charge is -2.25. The van der Waals surface area contributed by atoms with Crippen LogP contribution in [0.3, 0.4) is 0 Å². The SMILES string of the molecule is Cc1nc2n(n1)[C@H](c1ccccc1Cl)C=C(c1ccccc1)N2. The summed E-state index contributed by atoms with van der Waals surface area (Å²) in [7, 11) is 0. The minimum Gasteiger partial charge on any atom is -0.324 e. The third kappa shape index (κ3) is 2.51. The topological polar surface area (TPSA) is 42.7 Å². The first-order valence-electron chi connectivity index (χ1n) is 7.44. The molecule has 1 N–H and O–H groups in total. The van der Waals surface area contributed by atoms with Gasteiger partial charge in [-0.05, 0) is 30.2 Å². The van der Waals surface area contributed by atoms with Gasteiger partial charge in [-0.15, -0.1) is 0 Å². The summed E-state index contributed by atoms with van der Waals surface area (Å²) in [6, 6.07) is 18.0. The van der Waals surface area contributed by atoms with E-state index >= 15 is 0 Å². The normalized spacial score (nSPS) is 16.4. The zero-order valence-electron chi connectivity index (χ0n) is 12.6. The number of allylic oxidation sites excluding steroid dienone is 1. The minimum absolute atomic E-state index is 0.0867. The molecule has 4 rings (SSSR count). The average Bonchev–Trinajstić information content (AvgIpc) is 2.95. The molecule has 1 aliphatic rings. The lowest BCUT2D eigenvalue weighted by atomic mass is 10.0. The Balaban J connectivity index is 1.87. The lowest BCUT2D eigenvalue weighted by Crippen LogP contribution is -2.20. The fourth-order valence-electron chi connectivity index (χ4n) is 2.82. The monoisotopic (exact) mass is 322 g/mol. The van der Waals surface area contributed by atoms with Gasteiger partial charge < -0.3 is 5.32 Å². The Morgan fingerprint density at radius 1 is 1.04 bits per heavy atom. The number of aryl methyl sites for hydroxylation is 1. The molecule has 0 saturated heterocycles. The van der Waals surface area contributed by atoms with E-state index in [1.165, 1.54) is 0 Å². The highest BCUT2D eigenvalue weighted by Crippen LogP contribution is 2.35. The summed E-state index contributed by atoms with van der Waals surface area (Å²) in [6.45, 7) is 1.89. The van der Waals surface area contributed by atoms with Gasteiger partial charge in [-0.3, -0.25) is 0 Å². The maximum atomic E-state index is 6.41. The van der Waals surface area contributed by atoms with Crippen molar-refractivity contribution in [2.45, 2.75) is 13.0 Å². The molecule has 0 spiro atoms. The van der Waals surface area contributed by atoms with Crippen molar-refractivity contribution in [3.05, 3.63) is 82.6 Å². The fourth-order valence-corrected chi connectivity index (χ4v) is 3.07. The number of hydrogen-bond acceptors (Lipinski definition) is 3. The van der Waals surface area contributed by atoms with Gasteiger partial charge in [0.25, 0.3) is 0 Å². The van der Waals surface area contributed by atoms with Crippen LogP contribution in [0.2, 0.25) is 5.02 Å². The molecular formula is C18H15ClN4. The van der Waals surface area contributed by atoms with E-state index in [2.05, 4.69) is 33.6 Å². The van der Waals surface area contributed by atoms with Gasteiger partial charge in [-0.2, -0.15) is 10.1 Å². The van der Waals surface area contributed by atoms with Crippen LogP contribution < -0.4 is 5.32 Å². The third-order valence-electron chi connectivity index (χ3n) is 3.88. The second-order valence-electron chi connectivity index (χ2n) is 5.46. The zero-order valence-corrected chi connectivity index (χ0v) is 13.3. The van der Waals surface area contributed by atoms with E-state index in [4.69, 9.17) is 11.6 Å². The molecule has 0 unspecified atom stereocenters. The molecule has 1 atom stereocenters. The highest BCUT2D eigenvalue weighted by molar-refractivity contribution is 6.31. The van der Waals surface area contributed by atoms with Crippen molar-refractivity contribution in [3.8, 4) is 0 Å². The predicted octanol–water partition coefficient (Wildman–Crippen LogP) is 4.30. The van der Waals surface area contributed by atoms with E-state index in [0.717, 1.165) is 33.6 Å². The standard InChI is InChI=1S/C18H15ClN4/c1-12-20-18-21-16(13-7-3-2-4-8-13)11-17(23(18)22-12)14-9-5-6-10-15(14)19/h2-11,17H,1H3,(H,20,21,22)/t17-/m0/s1. The first kappa shape index (κ1) is 14.0. The smallest absolute Gasteiger partial charge is 0.226 e. The van der Waals surface area contributed by atoms with Gasteiger partial charge in [-0.25, -0.2) is 4.68 Å². The molecule has 1 aliphatic heterocycles. The second kappa shape index (κ2) is 5.56. The molecular weight excluding hydrogens is 308 g/mol. The molecule has 5 heteroatoms. The highest BCUT2D eigenvalue weighted by Gasteiger charge is 2.25. The maximum Gasteiger partial charge on any atom is 0.226 e. The van der Waals surface area contributed by atoms with Crippen molar-refractivity contribution in [1.29, 1.82) is 0 Å². The Kier molecular flexibility index (Phi) is 3.39. The molecule has 4 nitrogen and oxygen atoms in total. The first-order chi connectivity index (χ1) is 11.2. The van der Waals surface area contributed by atoms with Crippen molar-refractivity contribution in [2.75, 3.05) is 5.32 Å². The summed E-state index contributed by atoms with van der Waals surface area (Å²) in [4.78, 5) is 4.49. The van der Waals surface area contributed by atoms with E-state index in [1.54, 1.807) is 0 Å². The number of anilines is 1. The quantitative estimate of drug-likeness (QED) is 0.765. The molecule has 0 fully saturated rings. The second-order valence-corrected chi connectivity index (χ2v) is 5.87. The Hall–Kier alpha value is -2.59. The summed E-state index contributed by atoms with van der Waals surface area (Å²) in [6.07, 6.45) is 2.14. The van der Waals surface area contributed by atoms with Crippen LogP contribution in [-0.2, 0) is 0 Å². The van der Waals surface area contributed by atoms with Crippen molar-refractivity contribution in [1.82, 2.24) is 14.8 Å². The van der Waals surface area contributed by atoms with E-state index in [-0.39, 0.29) is 6.04 Å². The third-order valence-corrected chi connectivity index (χ3v) is 4.22. The van der Waals surface area contributed by atoms with E-state index < -0.39 is 0 Å². The van der Waals surface area contributed by atoms with Gasteiger partial charge in [0.1, 0.15) is 11.9 Å². The first-order valence-corrected chi connectivity index (χ1v) is 7.82. The van der Waals surface area contributed by atoms with Crippen molar-refractivity contribution in [3.63, 3.8) is 0 Å². The van der Waals surface area contributed by atoms with E-state index in [9.17, 15) is 0 Å².